The highest BCUT2D eigenvalue weighted by Gasteiger charge is 2.09. The fourth-order valence-corrected chi connectivity index (χ4v) is 2.68. The van der Waals surface area contributed by atoms with Gasteiger partial charge in [-0.3, -0.25) is 0 Å². The van der Waals surface area contributed by atoms with Crippen LogP contribution in [0.25, 0.3) is 0 Å². The van der Waals surface area contributed by atoms with E-state index in [0.29, 0.717) is 38.9 Å². The zero-order valence-corrected chi connectivity index (χ0v) is 16.2. The van der Waals surface area contributed by atoms with Crippen molar-refractivity contribution < 1.29 is 14.2 Å². The van der Waals surface area contributed by atoms with E-state index in [4.69, 9.17) is 14.2 Å². The first-order valence-corrected chi connectivity index (χ1v) is 9.51. The molecule has 4 nitrogen and oxygen atoms in total. The largest absolute Gasteiger partial charge is 0.491 e. The monoisotopic (exact) mass is 357 g/mol. The Balaban J connectivity index is 1.83. The van der Waals surface area contributed by atoms with Gasteiger partial charge in [0.1, 0.15) is 24.7 Å². The summed E-state index contributed by atoms with van der Waals surface area (Å²) in [5.74, 6) is 2.32. The summed E-state index contributed by atoms with van der Waals surface area (Å²) >= 11 is 0. The third-order valence-electron chi connectivity index (χ3n) is 4.31. The van der Waals surface area contributed by atoms with E-state index in [-0.39, 0.29) is 0 Å². The molecular formula is C22H31NO3. The Morgan fingerprint density at radius 1 is 0.846 bits per heavy atom. The van der Waals surface area contributed by atoms with Crippen molar-refractivity contribution in [2.45, 2.75) is 33.1 Å². The van der Waals surface area contributed by atoms with E-state index >= 15 is 0 Å². The van der Waals surface area contributed by atoms with Gasteiger partial charge in [0.2, 0.25) is 0 Å². The van der Waals surface area contributed by atoms with Crippen LogP contribution in [0.2, 0.25) is 0 Å². The highest BCUT2D eigenvalue weighted by molar-refractivity contribution is 5.56. The van der Waals surface area contributed by atoms with Gasteiger partial charge in [0.25, 0.3) is 0 Å². The van der Waals surface area contributed by atoms with Crippen LogP contribution >= 0.6 is 0 Å². The smallest absolute Gasteiger partial charge is 0.142 e. The van der Waals surface area contributed by atoms with Crippen molar-refractivity contribution >= 4 is 5.69 Å². The molecule has 0 aromatic heterocycles. The Bertz CT molecular complexity index is 645. The zero-order chi connectivity index (χ0) is 18.6. The lowest BCUT2D eigenvalue weighted by molar-refractivity contribution is 0.110. The fourth-order valence-electron chi connectivity index (χ4n) is 2.68. The molecule has 1 N–H and O–H groups in total. The Morgan fingerprint density at radius 3 is 2.31 bits per heavy atom. The van der Waals surface area contributed by atoms with Crippen LogP contribution in [0.5, 0.6) is 11.5 Å². The molecule has 142 valence electrons. The number of hydrogen-bond donors (Lipinski definition) is 1. The van der Waals surface area contributed by atoms with Gasteiger partial charge in [-0.2, -0.15) is 0 Å². The first-order chi connectivity index (χ1) is 12.8. The fraction of sp³-hybridized carbons (Fsp3) is 0.455. The lowest BCUT2D eigenvalue weighted by Crippen LogP contribution is -2.14. The topological polar surface area (TPSA) is 39.7 Å². The summed E-state index contributed by atoms with van der Waals surface area (Å²) in [5.41, 5.74) is 2.25. The Labute approximate surface area is 157 Å². The van der Waals surface area contributed by atoms with Crippen LogP contribution in [-0.4, -0.2) is 33.0 Å². The number of hydrogen-bond acceptors (Lipinski definition) is 4. The molecule has 0 amide bonds. The minimum absolute atomic E-state index is 0.499. The summed E-state index contributed by atoms with van der Waals surface area (Å²) < 4.78 is 17.1. The molecule has 2 aromatic rings. The maximum absolute atomic E-state index is 6.01. The predicted octanol–water partition coefficient (Wildman–Crippen LogP) is 5.11. The molecule has 0 spiro atoms. The van der Waals surface area contributed by atoms with Crippen molar-refractivity contribution in [3.63, 3.8) is 0 Å². The van der Waals surface area contributed by atoms with Crippen LogP contribution < -0.4 is 14.8 Å². The summed E-state index contributed by atoms with van der Waals surface area (Å²) in [6.45, 7) is 9.57. The average Bonchev–Trinajstić information content (AvgIpc) is 2.69. The van der Waals surface area contributed by atoms with Gasteiger partial charge in [0.05, 0.1) is 12.3 Å². The molecule has 0 fully saturated rings. The first kappa shape index (κ1) is 20.1. The number of ether oxygens (including phenoxy) is 3. The van der Waals surface area contributed by atoms with Gasteiger partial charge in [0.15, 0.2) is 0 Å². The van der Waals surface area contributed by atoms with E-state index in [2.05, 4.69) is 31.3 Å². The third-order valence-corrected chi connectivity index (χ3v) is 4.31. The third kappa shape index (κ3) is 6.26. The van der Waals surface area contributed by atoms with Crippen LogP contribution in [0.1, 0.15) is 38.7 Å². The van der Waals surface area contributed by atoms with Crippen molar-refractivity contribution in [1.29, 1.82) is 0 Å². The van der Waals surface area contributed by atoms with E-state index < -0.39 is 0 Å². The second-order valence-electron chi connectivity index (χ2n) is 6.16. The maximum atomic E-state index is 6.01. The number of para-hydroxylation sites is 3. The van der Waals surface area contributed by atoms with Crippen molar-refractivity contribution in [2.75, 3.05) is 38.3 Å². The number of rotatable bonds is 12. The molecule has 0 aliphatic rings. The SMILES string of the molecule is CCOCCOc1ccccc1NCCOc1ccccc1C(C)CC. The molecule has 0 saturated carbocycles. The molecule has 0 heterocycles. The normalized spacial score (nSPS) is 11.8. The molecule has 2 aromatic carbocycles. The summed E-state index contributed by atoms with van der Waals surface area (Å²) in [4.78, 5) is 0. The van der Waals surface area contributed by atoms with Gasteiger partial charge in [-0.05, 0) is 43.0 Å². The number of benzene rings is 2. The second-order valence-corrected chi connectivity index (χ2v) is 6.16. The molecule has 1 atom stereocenters. The minimum Gasteiger partial charge on any atom is -0.491 e. The van der Waals surface area contributed by atoms with E-state index in [1.807, 2.05) is 43.3 Å². The standard InChI is InChI=1S/C22H31NO3/c1-4-18(3)19-10-6-8-12-21(19)25-15-14-23-20-11-7-9-13-22(20)26-17-16-24-5-2/h6-13,18,23H,4-5,14-17H2,1-3H3. The Kier molecular flexibility index (Phi) is 8.84. The molecule has 0 aliphatic heterocycles. The second kappa shape index (κ2) is 11.4. The molecule has 26 heavy (non-hydrogen) atoms. The van der Waals surface area contributed by atoms with E-state index in [9.17, 15) is 0 Å². The lowest BCUT2D eigenvalue weighted by Gasteiger charge is -2.17. The molecule has 0 radical (unpaired) electrons. The van der Waals surface area contributed by atoms with Crippen LogP contribution in [0.15, 0.2) is 48.5 Å². The Morgan fingerprint density at radius 2 is 1.54 bits per heavy atom. The molecular weight excluding hydrogens is 326 g/mol. The number of nitrogens with one attached hydrogen (secondary N) is 1. The van der Waals surface area contributed by atoms with Crippen molar-refractivity contribution in [3.05, 3.63) is 54.1 Å². The van der Waals surface area contributed by atoms with Crippen molar-refractivity contribution in [3.8, 4) is 11.5 Å². The van der Waals surface area contributed by atoms with Crippen LogP contribution in [0.3, 0.4) is 0 Å². The molecule has 4 heteroatoms. The minimum atomic E-state index is 0.499. The average molecular weight is 357 g/mol. The highest BCUT2D eigenvalue weighted by Crippen LogP contribution is 2.28. The van der Waals surface area contributed by atoms with E-state index in [1.54, 1.807) is 0 Å². The molecule has 0 aliphatic carbocycles. The van der Waals surface area contributed by atoms with Gasteiger partial charge in [-0.15, -0.1) is 0 Å². The maximum Gasteiger partial charge on any atom is 0.142 e. The molecule has 0 bridgehead atoms. The lowest BCUT2D eigenvalue weighted by atomic mass is 9.98. The predicted molar refractivity (Wildman–Crippen MR) is 108 cm³/mol. The van der Waals surface area contributed by atoms with Crippen LogP contribution in [0, 0.1) is 0 Å². The van der Waals surface area contributed by atoms with Gasteiger partial charge < -0.3 is 19.5 Å². The van der Waals surface area contributed by atoms with Crippen molar-refractivity contribution in [2.24, 2.45) is 0 Å². The quantitative estimate of drug-likeness (QED) is 0.536. The molecule has 2 rings (SSSR count). The highest BCUT2D eigenvalue weighted by atomic mass is 16.5. The van der Waals surface area contributed by atoms with Gasteiger partial charge >= 0.3 is 0 Å². The number of anilines is 1. The van der Waals surface area contributed by atoms with Gasteiger partial charge in [-0.1, -0.05) is 44.2 Å². The summed E-state index contributed by atoms with van der Waals surface area (Å²) in [6, 6.07) is 16.2. The first-order valence-electron chi connectivity index (χ1n) is 9.51. The molecule has 1 unspecified atom stereocenters. The van der Waals surface area contributed by atoms with E-state index in [0.717, 1.165) is 23.6 Å². The Hall–Kier alpha value is -2.20. The summed E-state index contributed by atoms with van der Waals surface area (Å²) in [7, 11) is 0. The van der Waals surface area contributed by atoms with E-state index in [1.165, 1.54) is 5.56 Å². The van der Waals surface area contributed by atoms with Crippen LogP contribution in [-0.2, 0) is 4.74 Å². The molecule has 0 saturated heterocycles. The van der Waals surface area contributed by atoms with Gasteiger partial charge in [-0.25, -0.2) is 0 Å². The summed E-state index contributed by atoms with van der Waals surface area (Å²) in [6.07, 6.45) is 1.10. The van der Waals surface area contributed by atoms with Crippen molar-refractivity contribution in [1.82, 2.24) is 0 Å². The van der Waals surface area contributed by atoms with Crippen LogP contribution in [0.4, 0.5) is 5.69 Å². The van der Waals surface area contributed by atoms with Gasteiger partial charge in [0, 0.05) is 13.2 Å². The summed E-state index contributed by atoms with van der Waals surface area (Å²) in [5, 5.41) is 3.40. The zero-order valence-electron chi connectivity index (χ0n) is 16.2.